The third-order valence-corrected chi connectivity index (χ3v) is 9.39. The van der Waals surface area contributed by atoms with Crippen LogP contribution in [0.4, 0.5) is 0 Å². The fourth-order valence-electron chi connectivity index (χ4n) is 6.60. The molecule has 2 heteroatoms. The van der Waals surface area contributed by atoms with Crippen LogP contribution in [0, 0.1) is 0 Å². The fourth-order valence-corrected chi connectivity index (χ4v) is 6.60. The number of hydrogen-bond donors (Lipinski definition) is 1. The summed E-state index contributed by atoms with van der Waals surface area (Å²) in [6.45, 7) is 9.42. The first-order valence-corrected chi connectivity index (χ1v) is 18.8. The molecule has 0 radical (unpaired) electrons. The van der Waals surface area contributed by atoms with Crippen molar-refractivity contribution >= 4 is 0 Å². The van der Waals surface area contributed by atoms with E-state index in [2.05, 4.69) is 49.6 Å². The molecule has 1 N–H and O–H groups in total. The highest BCUT2D eigenvalue weighted by atomic mass is 15.1. The second-order valence-corrected chi connectivity index (χ2v) is 13.3. The second-order valence-electron chi connectivity index (χ2n) is 13.3. The van der Waals surface area contributed by atoms with Crippen LogP contribution in [0.15, 0.2) is 12.4 Å². The molecule has 1 rings (SSSR count). The van der Waals surface area contributed by atoms with Crippen LogP contribution in [0.5, 0.6) is 0 Å². The van der Waals surface area contributed by atoms with Gasteiger partial charge in [0.1, 0.15) is 12.4 Å². The van der Waals surface area contributed by atoms with E-state index in [0.717, 1.165) is 0 Å². The predicted molar refractivity (Wildman–Crippen MR) is 179 cm³/mol. The molecule has 40 heavy (non-hydrogen) atoms. The van der Waals surface area contributed by atoms with E-state index in [4.69, 9.17) is 0 Å². The van der Waals surface area contributed by atoms with Crippen molar-refractivity contribution in [3.8, 4) is 0 Å². The summed E-state index contributed by atoms with van der Waals surface area (Å²) < 4.78 is 2.62. The van der Waals surface area contributed by atoms with Gasteiger partial charge in [-0.15, -0.1) is 0 Å². The van der Waals surface area contributed by atoms with Gasteiger partial charge in [0.15, 0.2) is 0 Å². The zero-order chi connectivity index (χ0) is 28.9. The van der Waals surface area contributed by atoms with Gasteiger partial charge in [0.2, 0.25) is 0 Å². The van der Waals surface area contributed by atoms with Gasteiger partial charge in [0, 0.05) is 0 Å². The Labute approximate surface area is 253 Å². The number of unbranched alkanes of at least 4 members (excludes halogenated alkanes) is 23. The molecule has 0 aliphatic heterocycles. The van der Waals surface area contributed by atoms with E-state index in [1.807, 2.05) is 0 Å². The molecule has 2 unspecified atom stereocenters. The number of imidazole rings is 1. The SMILES string of the molecule is CCCCCCCCCCCCCCCC(C)[n+]1cc[nH]c1C(CCCCC)CCCCCCCCCCCC. The average Bonchev–Trinajstić information content (AvgIpc) is 3.45. The number of rotatable bonds is 31. The van der Waals surface area contributed by atoms with E-state index in [1.165, 1.54) is 192 Å². The number of H-pyrrole nitrogens is 1. The molecule has 0 saturated carbocycles. The summed E-state index contributed by atoms with van der Waals surface area (Å²) in [5.41, 5.74) is 0. The molecule has 0 aliphatic carbocycles. The lowest BCUT2D eigenvalue weighted by Gasteiger charge is -2.17. The monoisotopic (exact) mass is 560 g/mol. The van der Waals surface area contributed by atoms with Crippen molar-refractivity contribution in [2.45, 2.75) is 226 Å². The van der Waals surface area contributed by atoms with Crippen LogP contribution in [0.25, 0.3) is 0 Å². The van der Waals surface area contributed by atoms with Gasteiger partial charge >= 0.3 is 0 Å². The molecule has 1 aromatic rings. The molecule has 0 aliphatic rings. The zero-order valence-corrected chi connectivity index (χ0v) is 28.3. The number of aromatic nitrogens is 2. The standard InChI is InChI=1S/C38H74N2/c1-5-8-11-13-15-17-19-20-21-22-24-26-29-31-36(4)40-35-34-39-38(40)37(32-28-10-7-3)33-30-27-25-23-18-16-14-12-9-6-2/h34-37H,5-33H2,1-4H3/p+1. The summed E-state index contributed by atoms with van der Waals surface area (Å²) in [5.74, 6) is 2.24. The first-order chi connectivity index (χ1) is 19.7. The summed E-state index contributed by atoms with van der Waals surface area (Å²) in [5, 5.41) is 0. The minimum absolute atomic E-state index is 0.621. The quantitative estimate of drug-likeness (QED) is 0.0689. The largest absolute Gasteiger partial charge is 0.257 e. The van der Waals surface area contributed by atoms with Crippen LogP contribution in [0.1, 0.15) is 232 Å². The van der Waals surface area contributed by atoms with E-state index in [0.29, 0.717) is 12.0 Å². The van der Waals surface area contributed by atoms with Gasteiger partial charge in [-0.3, -0.25) is 0 Å². The Morgan fingerprint density at radius 2 is 0.800 bits per heavy atom. The normalized spacial score (nSPS) is 13.2. The number of aromatic amines is 1. The van der Waals surface area contributed by atoms with Gasteiger partial charge in [0.25, 0.3) is 5.82 Å². The molecular formula is C38H75N2+. The maximum atomic E-state index is 3.71. The van der Waals surface area contributed by atoms with Crippen molar-refractivity contribution < 1.29 is 4.57 Å². The molecule has 0 fully saturated rings. The molecule has 2 atom stereocenters. The third-order valence-electron chi connectivity index (χ3n) is 9.39. The summed E-state index contributed by atoms with van der Waals surface area (Å²) in [7, 11) is 0. The summed E-state index contributed by atoms with van der Waals surface area (Å²) in [6.07, 6.45) is 45.7. The Balaban J connectivity index is 2.26. The molecule has 0 amide bonds. The van der Waals surface area contributed by atoms with Crippen molar-refractivity contribution in [2.24, 2.45) is 0 Å². The van der Waals surface area contributed by atoms with Gasteiger partial charge in [0.05, 0.1) is 12.0 Å². The van der Waals surface area contributed by atoms with Gasteiger partial charge in [-0.05, 0) is 32.6 Å². The lowest BCUT2D eigenvalue weighted by molar-refractivity contribution is -0.727. The zero-order valence-electron chi connectivity index (χ0n) is 28.3. The molecule has 0 saturated heterocycles. The van der Waals surface area contributed by atoms with Crippen LogP contribution in [-0.4, -0.2) is 4.98 Å². The lowest BCUT2D eigenvalue weighted by Crippen LogP contribution is -2.41. The highest BCUT2D eigenvalue weighted by Crippen LogP contribution is 2.27. The van der Waals surface area contributed by atoms with E-state index < -0.39 is 0 Å². The summed E-state index contributed by atoms with van der Waals surface area (Å²) in [6, 6.07) is 0.621. The molecular weight excluding hydrogens is 484 g/mol. The van der Waals surface area contributed by atoms with Gasteiger partial charge in [-0.2, -0.15) is 0 Å². The molecule has 0 bridgehead atoms. The summed E-state index contributed by atoms with van der Waals surface area (Å²) in [4.78, 5) is 3.71. The first-order valence-electron chi connectivity index (χ1n) is 18.8. The van der Waals surface area contributed by atoms with Crippen molar-refractivity contribution in [3.05, 3.63) is 18.2 Å². The van der Waals surface area contributed by atoms with Crippen LogP contribution in [-0.2, 0) is 0 Å². The number of nitrogens with zero attached hydrogens (tertiary/aromatic N) is 1. The topological polar surface area (TPSA) is 19.7 Å². The Kier molecular flexibility index (Phi) is 26.4. The van der Waals surface area contributed by atoms with Gasteiger partial charge < -0.3 is 0 Å². The minimum Gasteiger partial charge on any atom is -0.247 e. The van der Waals surface area contributed by atoms with E-state index in [9.17, 15) is 0 Å². The lowest BCUT2D eigenvalue weighted by atomic mass is 9.93. The highest BCUT2D eigenvalue weighted by Gasteiger charge is 2.25. The van der Waals surface area contributed by atoms with Crippen LogP contribution in [0.2, 0.25) is 0 Å². The van der Waals surface area contributed by atoms with Crippen molar-refractivity contribution in [1.82, 2.24) is 4.98 Å². The van der Waals surface area contributed by atoms with Crippen LogP contribution < -0.4 is 4.57 Å². The highest BCUT2D eigenvalue weighted by molar-refractivity contribution is 4.90. The van der Waals surface area contributed by atoms with E-state index in [1.54, 1.807) is 0 Å². The Morgan fingerprint density at radius 3 is 1.23 bits per heavy atom. The molecule has 236 valence electrons. The van der Waals surface area contributed by atoms with Crippen molar-refractivity contribution in [3.63, 3.8) is 0 Å². The maximum Gasteiger partial charge on any atom is 0.257 e. The number of nitrogens with one attached hydrogen (secondary N) is 1. The summed E-state index contributed by atoms with van der Waals surface area (Å²) >= 11 is 0. The molecule has 0 spiro atoms. The van der Waals surface area contributed by atoms with Gasteiger partial charge in [-0.25, -0.2) is 9.55 Å². The molecule has 1 aromatic heterocycles. The Morgan fingerprint density at radius 1 is 0.475 bits per heavy atom. The van der Waals surface area contributed by atoms with Gasteiger partial charge in [-0.1, -0.05) is 181 Å². The van der Waals surface area contributed by atoms with Crippen LogP contribution >= 0.6 is 0 Å². The van der Waals surface area contributed by atoms with Crippen molar-refractivity contribution in [1.29, 1.82) is 0 Å². The molecule has 2 nitrogen and oxygen atoms in total. The third kappa shape index (κ3) is 20.1. The molecule has 1 heterocycles. The smallest absolute Gasteiger partial charge is 0.247 e. The minimum atomic E-state index is 0.621. The van der Waals surface area contributed by atoms with Crippen LogP contribution in [0.3, 0.4) is 0 Å². The van der Waals surface area contributed by atoms with Crippen molar-refractivity contribution in [2.75, 3.05) is 0 Å². The first kappa shape index (κ1) is 37.2. The van der Waals surface area contributed by atoms with E-state index >= 15 is 0 Å². The predicted octanol–water partition coefficient (Wildman–Crippen LogP) is 13.3. The molecule has 0 aromatic carbocycles. The fraction of sp³-hybridized carbons (Fsp3) is 0.921. The van der Waals surface area contributed by atoms with E-state index in [-0.39, 0.29) is 0 Å². The Hall–Kier alpha value is -0.790. The maximum absolute atomic E-state index is 3.71. The Bertz CT molecular complexity index is 621. The second kappa shape index (κ2) is 28.3. The number of hydrogen-bond acceptors (Lipinski definition) is 0. The average molecular weight is 560 g/mol.